The van der Waals surface area contributed by atoms with Crippen molar-refractivity contribution in [2.45, 2.75) is 5.33 Å². The number of carboxylic acids is 1. The highest BCUT2D eigenvalue weighted by Crippen LogP contribution is 2.24. The van der Waals surface area contributed by atoms with Crippen LogP contribution in [-0.2, 0) is 5.33 Å². The number of halogens is 2. The molecule has 0 aliphatic carbocycles. The van der Waals surface area contributed by atoms with Crippen molar-refractivity contribution in [3.8, 4) is 0 Å². The molecule has 1 aromatic rings. The van der Waals surface area contributed by atoms with Gasteiger partial charge in [-0.1, -0.05) is 15.9 Å². The van der Waals surface area contributed by atoms with Gasteiger partial charge in [-0.2, -0.15) is 4.39 Å². The van der Waals surface area contributed by atoms with Crippen molar-refractivity contribution < 1.29 is 19.2 Å². The SMILES string of the molecule is O=C(O)c1cc(F)c([N+](=O)[O-])cc1CBr. The molecule has 0 unspecified atom stereocenters. The molecule has 0 aliphatic heterocycles. The summed E-state index contributed by atoms with van der Waals surface area (Å²) in [6, 6.07) is 1.56. The molecule has 0 spiro atoms. The number of rotatable bonds is 3. The Morgan fingerprint density at radius 3 is 2.60 bits per heavy atom. The normalized spacial score (nSPS) is 10.0. The molecule has 0 amide bonds. The first kappa shape index (κ1) is 11.6. The van der Waals surface area contributed by atoms with E-state index in [0.29, 0.717) is 6.07 Å². The third-order valence-electron chi connectivity index (χ3n) is 1.74. The van der Waals surface area contributed by atoms with E-state index in [2.05, 4.69) is 15.9 Å². The first-order valence-corrected chi connectivity index (χ1v) is 4.85. The van der Waals surface area contributed by atoms with Gasteiger partial charge in [0.25, 0.3) is 0 Å². The number of aromatic carboxylic acids is 1. The number of nitro groups is 1. The van der Waals surface area contributed by atoms with Crippen molar-refractivity contribution in [2.24, 2.45) is 0 Å². The monoisotopic (exact) mass is 277 g/mol. The molecule has 0 atom stereocenters. The van der Waals surface area contributed by atoms with Gasteiger partial charge in [0.05, 0.1) is 10.5 Å². The van der Waals surface area contributed by atoms with Gasteiger partial charge in [-0.15, -0.1) is 0 Å². The number of hydrogen-bond acceptors (Lipinski definition) is 3. The largest absolute Gasteiger partial charge is 0.478 e. The number of carboxylic acid groups (broad SMARTS) is 1. The summed E-state index contributed by atoms with van der Waals surface area (Å²) in [5.74, 6) is -2.47. The van der Waals surface area contributed by atoms with Crippen molar-refractivity contribution in [1.82, 2.24) is 0 Å². The van der Waals surface area contributed by atoms with Crippen LogP contribution in [0.3, 0.4) is 0 Å². The summed E-state index contributed by atoms with van der Waals surface area (Å²) in [6.45, 7) is 0. The average molecular weight is 278 g/mol. The quantitative estimate of drug-likeness (QED) is 0.522. The Labute approximate surface area is 91.8 Å². The zero-order valence-corrected chi connectivity index (χ0v) is 8.82. The lowest BCUT2D eigenvalue weighted by Crippen LogP contribution is -2.04. The molecular formula is C8H5BrFNO4. The zero-order valence-electron chi connectivity index (χ0n) is 7.24. The van der Waals surface area contributed by atoms with Crippen molar-refractivity contribution in [2.75, 3.05) is 0 Å². The van der Waals surface area contributed by atoms with Crippen molar-refractivity contribution in [1.29, 1.82) is 0 Å². The van der Waals surface area contributed by atoms with E-state index in [1.54, 1.807) is 0 Å². The summed E-state index contributed by atoms with van der Waals surface area (Å²) in [6.07, 6.45) is 0. The maximum absolute atomic E-state index is 13.1. The molecule has 0 radical (unpaired) electrons. The van der Waals surface area contributed by atoms with Crippen LogP contribution in [0, 0.1) is 15.9 Å². The van der Waals surface area contributed by atoms with Crippen LogP contribution in [0.15, 0.2) is 12.1 Å². The molecule has 1 aromatic carbocycles. The van der Waals surface area contributed by atoms with Crippen LogP contribution in [0.4, 0.5) is 10.1 Å². The van der Waals surface area contributed by atoms with Gasteiger partial charge < -0.3 is 5.11 Å². The van der Waals surface area contributed by atoms with Gasteiger partial charge in [-0.3, -0.25) is 10.1 Å². The lowest BCUT2D eigenvalue weighted by molar-refractivity contribution is -0.387. The Bertz CT molecular complexity index is 435. The summed E-state index contributed by atoms with van der Waals surface area (Å²) in [7, 11) is 0. The number of carbonyl (C=O) groups is 1. The van der Waals surface area contributed by atoms with E-state index in [-0.39, 0.29) is 16.5 Å². The molecular weight excluding hydrogens is 273 g/mol. The minimum absolute atomic E-state index is 0.107. The molecule has 7 heteroatoms. The molecule has 80 valence electrons. The summed E-state index contributed by atoms with van der Waals surface area (Å²) < 4.78 is 13.1. The molecule has 15 heavy (non-hydrogen) atoms. The van der Waals surface area contributed by atoms with E-state index in [1.807, 2.05) is 0 Å². The van der Waals surface area contributed by atoms with E-state index < -0.39 is 22.4 Å². The fraction of sp³-hybridized carbons (Fsp3) is 0.125. The van der Waals surface area contributed by atoms with E-state index in [9.17, 15) is 19.3 Å². The van der Waals surface area contributed by atoms with Crippen LogP contribution in [0.2, 0.25) is 0 Å². The number of benzene rings is 1. The second kappa shape index (κ2) is 4.35. The van der Waals surface area contributed by atoms with Crippen molar-refractivity contribution in [3.63, 3.8) is 0 Å². The molecule has 5 nitrogen and oxygen atoms in total. The van der Waals surface area contributed by atoms with E-state index in [1.165, 1.54) is 0 Å². The first-order valence-electron chi connectivity index (χ1n) is 3.73. The fourth-order valence-corrected chi connectivity index (χ4v) is 1.52. The van der Waals surface area contributed by atoms with Crippen LogP contribution in [0.1, 0.15) is 15.9 Å². The standard InChI is InChI=1S/C8H5BrFNO4/c9-3-4-1-7(11(14)15)6(10)2-5(4)8(12)13/h1-2H,3H2,(H,12,13). The molecule has 0 aliphatic rings. The highest BCUT2D eigenvalue weighted by Gasteiger charge is 2.20. The number of alkyl halides is 1. The Hall–Kier alpha value is -1.50. The summed E-state index contributed by atoms with van der Waals surface area (Å²) in [5, 5.41) is 19.2. The molecule has 1 rings (SSSR count). The van der Waals surface area contributed by atoms with Gasteiger partial charge in [0.1, 0.15) is 0 Å². The van der Waals surface area contributed by atoms with Gasteiger partial charge >= 0.3 is 11.7 Å². The number of hydrogen-bond donors (Lipinski definition) is 1. The van der Waals surface area contributed by atoms with E-state index in [4.69, 9.17) is 5.11 Å². The summed E-state index contributed by atoms with van der Waals surface area (Å²) in [5.41, 5.74) is -0.847. The maximum Gasteiger partial charge on any atom is 0.336 e. The van der Waals surface area contributed by atoms with Gasteiger partial charge in [-0.05, 0) is 11.6 Å². The summed E-state index contributed by atoms with van der Waals surface area (Å²) >= 11 is 2.98. The fourth-order valence-electron chi connectivity index (χ4n) is 1.05. The third kappa shape index (κ3) is 2.30. The van der Waals surface area contributed by atoms with Gasteiger partial charge in [0, 0.05) is 11.4 Å². The smallest absolute Gasteiger partial charge is 0.336 e. The van der Waals surface area contributed by atoms with Crippen LogP contribution < -0.4 is 0 Å². The molecule has 1 N–H and O–H groups in total. The topological polar surface area (TPSA) is 80.4 Å². The Balaban J connectivity index is 3.42. The number of nitro benzene ring substituents is 1. The van der Waals surface area contributed by atoms with Crippen LogP contribution in [0.25, 0.3) is 0 Å². The predicted octanol–water partition coefficient (Wildman–Crippen LogP) is 2.33. The third-order valence-corrected chi connectivity index (χ3v) is 2.35. The van der Waals surface area contributed by atoms with E-state index in [0.717, 1.165) is 6.07 Å². The molecule has 0 saturated heterocycles. The van der Waals surface area contributed by atoms with Gasteiger partial charge in [0.15, 0.2) is 0 Å². The lowest BCUT2D eigenvalue weighted by Gasteiger charge is -2.02. The first-order chi connectivity index (χ1) is 6.97. The molecule has 0 saturated carbocycles. The highest BCUT2D eigenvalue weighted by molar-refractivity contribution is 9.08. The minimum atomic E-state index is -1.32. The lowest BCUT2D eigenvalue weighted by atomic mass is 10.1. The second-order valence-electron chi connectivity index (χ2n) is 2.66. The van der Waals surface area contributed by atoms with Crippen LogP contribution in [0.5, 0.6) is 0 Å². The molecule has 0 heterocycles. The Morgan fingerprint density at radius 1 is 1.60 bits per heavy atom. The van der Waals surface area contributed by atoms with Crippen LogP contribution in [-0.4, -0.2) is 16.0 Å². The molecule has 0 fully saturated rings. The average Bonchev–Trinajstić information content (AvgIpc) is 2.16. The van der Waals surface area contributed by atoms with Crippen LogP contribution >= 0.6 is 15.9 Å². The second-order valence-corrected chi connectivity index (χ2v) is 3.22. The highest BCUT2D eigenvalue weighted by atomic mass is 79.9. The van der Waals surface area contributed by atoms with Crippen molar-refractivity contribution >= 4 is 27.6 Å². The predicted molar refractivity (Wildman–Crippen MR) is 52.6 cm³/mol. The minimum Gasteiger partial charge on any atom is -0.478 e. The maximum atomic E-state index is 13.1. The van der Waals surface area contributed by atoms with E-state index >= 15 is 0 Å². The molecule has 0 aromatic heterocycles. The Morgan fingerprint density at radius 2 is 2.20 bits per heavy atom. The zero-order chi connectivity index (χ0) is 11.6. The van der Waals surface area contributed by atoms with Gasteiger partial charge in [0.2, 0.25) is 5.82 Å². The van der Waals surface area contributed by atoms with Gasteiger partial charge in [-0.25, -0.2) is 4.79 Å². The van der Waals surface area contributed by atoms with Crippen molar-refractivity contribution in [3.05, 3.63) is 39.2 Å². The Kier molecular flexibility index (Phi) is 3.35. The molecule has 0 bridgehead atoms. The number of nitrogens with zero attached hydrogens (tertiary/aromatic N) is 1. The summed E-state index contributed by atoms with van der Waals surface area (Å²) in [4.78, 5) is 20.1.